The largest absolute Gasteiger partial charge is 0.309 e. The van der Waals surface area contributed by atoms with E-state index >= 15 is 0 Å². The predicted molar refractivity (Wildman–Crippen MR) is 90.7 cm³/mol. The summed E-state index contributed by atoms with van der Waals surface area (Å²) in [7, 11) is 0. The second kappa shape index (κ2) is 7.57. The van der Waals surface area contributed by atoms with E-state index in [0.717, 1.165) is 36.7 Å². The molecule has 118 valence electrons. The van der Waals surface area contributed by atoms with Crippen LogP contribution in [0.1, 0.15) is 76.7 Å². The van der Waals surface area contributed by atoms with Gasteiger partial charge >= 0.3 is 0 Å². The highest BCUT2D eigenvalue weighted by Gasteiger charge is 2.24. The zero-order valence-corrected chi connectivity index (χ0v) is 15.0. The Morgan fingerprint density at radius 1 is 1.29 bits per heavy atom. The fraction of sp³-hybridized carbons (Fsp3) is 0.765. The van der Waals surface area contributed by atoms with E-state index in [4.69, 9.17) is 4.98 Å². The highest BCUT2D eigenvalue weighted by atomic mass is 79.9. The van der Waals surface area contributed by atoms with Gasteiger partial charge in [0.25, 0.3) is 5.56 Å². The van der Waals surface area contributed by atoms with Gasteiger partial charge in [-0.15, -0.1) is 0 Å². The fourth-order valence-corrected chi connectivity index (χ4v) is 3.72. The lowest BCUT2D eigenvalue weighted by Crippen LogP contribution is -2.21. The predicted octanol–water partition coefficient (Wildman–Crippen LogP) is 4.80. The van der Waals surface area contributed by atoms with Gasteiger partial charge in [0.2, 0.25) is 0 Å². The molecule has 0 saturated heterocycles. The molecular formula is C17H27BrN2O. The van der Waals surface area contributed by atoms with Crippen LogP contribution in [-0.2, 0) is 6.42 Å². The molecule has 0 aromatic carbocycles. The Morgan fingerprint density at radius 3 is 2.52 bits per heavy atom. The maximum atomic E-state index is 12.1. The van der Waals surface area contributed by atoms with Crippen LogP contribution in [0.15, 0.2) is 9.27 Å². The highest BCUT2D eigenvalue weighted by Crippen LogP contribution is 2.36. The molecule has 3 nitrogen and oxygen atoms in total. The van der Waals surface area contributed by atoms with Crippen molar-refractivity contribution in [2.24, 2.45) is 11.8 Å². The summed E-state index contributed by atoms with van der Waals surface area (Å²) in [6.45, 7) is 6.58. The smallest absolute Gasteiger partial charge is 0.265 e. The summed E-state index contributed by atoms with van der Waals surface area (Å²) in [5, 5.41) is 0. The van der Waals surface area contributed by atoms with Gasteiger partial charge in [0, 0.05) is 5.92 Å². The molecule has 1 saturated carbocycles. The van der Waals surface area contributed by atoms with E-state index in [9.17, 15) is 4.79 Å². The third-order valence-electron chi connectivity index (χ3n) is 4.48. The molecule has 1 N–H and O–H groups in total. The fourth-order valence-electron chi connectivity index (χ4n) is 3.37. The van der Waals surface area contributed by atoms with Crippen molar-refractivity contribution in [1.82, 2.24) is 9.97 Å². The van der Waals surface area contributed by atoms with Crippen LogP contribution in [0.3, 0.4) is 0 Å². The lowest BCUT2D eigenvalue weighted by molar-refractivity contribution is 0.301. The number of nitrogens with zero attached hydrogens (tertiary/aromatic N) is 1. The molecule has 0 aliphatic heterocycles. The van der Waals surface area contributed by atoms with E-state index in [-0.39, 0.29) is 5.56 Å². The lowest BCUT2D eigenvalue weighted by Gasteiger charge is -2.28. The second-order valence-corrected chi connectivity index (χ2v) is 7.61. The van der Waals surface area contributed by atoms with Gasteiger partial charge in [0.05, 0.1) is 5.69 Å². The molecule has 1 aliphatic rings. The van der Waals surface area contributed by atoms with Crippen molar-refractivity contribution in [3.63, 3.8) is 0 Å². The van der Waals surface area contributed by atoms with Crippen molar-refractivity contribution in [1.29, 1.82) is 0 Å². The van der Waals surface area contributed by atoms with Gasteiger partial charge in [-0.05, 0) is 59.9 Å². The molecule has 0 spiro atoms. The summed E-state index contributed by atoms with van der Waals surface area (Å²) in [6.07, 6.45) is 8.35. The second-order valence-electron chi connectivity index (χ2n) is 6.82. The Bertz CT molecular complexity index is 516. The first-order valence-electron chi connectivity index (χ1n) is 8.29. The lowest BCUT2D eigenvalue weighted by atomic mass is 9.80. The number of hydrogen-bond acceptors (Lipinski definition) is 2. The van der Waals surface area contributed by atoms with Gasteiger partial charge in [-0.3, -0.25) is 4.79 Å². The normalized spacial score (nSPS) is 22.7. The third-order valence-corrected chi connectivity index (χ3v) is 5.30. The first-order chi connectivity index (χ1) is 10.0. The topological polar surface area (TPSA) is 45.8 Å². The molecule has 0 amide bonds. The minimum atomic E-state index is -0.0219. The summed E-state index contributed by atoms with van der Waals surface area (Å²) < 4.78 is 0.611. The number of nitrogens with one attached hydrogen (secondary N) is 1. The van der Waals surface area contributed by atoms with Crippen molar-refractivity contribution in [3.8, 4) is 0 Å². The van der Waals surface area contributed by atoms with Gasteiger partial charge in [-0.25, -0.2) is 4.98 Å². The number of H-pyrrole nitrogens is 1. The minimum Gasteiger partial charge on any atom is -0.309 e. The zero-order chi connectivity index (χ0) is 15.4. The number of aromatic nitrogens is 2. The Balaban J connectivity index is 2.14. The van der Waals surface area contributed by atoms with Crippen LogP contribution >= 0.6 is 15.9 Å². The van der Waals surface area contributed by atoms with Crippen molar-refractivity contribution < 1.29 is 0 Å². The Labute approximate surface area is 136 Å². The minimum absolute atomic E-state index is 0.0219. The molecule has 0 bridgehead atoms. The van der Waals surface area contributed by atoms with E-state index in [0.29, 0.717) is 16.3 Å². The van der Waals surface area contributed by atoms with Crippen LogP contribution in [-0.4, -0.2) is 9.97 Å². The van der Waals surface area contributed by atoms with Gasteiger partial charge < -0.3 is 4.98 Å². The maximum Gasteiger partial charge on any atom is 0.265 e. The average molecular weight is 355 g/mol. The van der Waals surface area contributed by atoms with E-state index in [1.807, 2.05) is 0 Å². The van der Waals surface area contributed by atoms with Crippen molar-refractivity contribution in [3.05, 3.63) is 26.3 Å². The first-order valence-corrected chi connectivity index (χ1v) is 9.09. The Kier molecular flexibility index (Phi) is 6.03. The van der Waals surface area contributed by atoms with Crippen LogP contribution in [0, 0.1) is 11.8 Å². The molecule has 0 radical (unpaired) electrons. The van der Waals surface area contributed by atoms with Crippen LogP contribution in [0.2, 0.25) is 0 Å². The van der Waals surface area contributed by atoms with Gasteiger partial charge in [0.1, 0.15) is 10.3 Å². The number of hydrogen-bond donors (Lipinski definition) is 1. The van der Waals surface area contributed by atoms with E-state index in [2.05, 4.69) is 41.7 Å². The molecule has 1 aliphatic carbocycles. The number of rotatable bonds is 5. The van der Waals surface area contributed by atoms with Crippen molar-refractivity contribution in [2.45, 2.75) is 71.6 Å². The van der Waals surface area contributed by atoms with Crippen molar-refractivity contribution in [2.75, 3.05) is 0 Å². The molecule has 1 heterocycles. The van der Waals surface area contributed by atoms with Crippen LogP contribution in [0.25, 0.3) is 0 Å². The maximum absolute atomic E-state index is 12.1. The molecular weight excluding hydrogens is 328 g/mol. The molecule has 1 aromatic heterocycles. The molecule has 0 unspecified atom stereocenters. The molecule has 0 atom stereocenters. The van der Waals surface area contributed by atoms with Crippen LogP contribution in [0.4, 0.5) is 0 Å². The Hall–Kier alpha value is -0.640. The average Bonchev–Trinajstić information content (AvgIpc) is 2.44. The number of halogens is 1. The monoisotopic (exact) mass is 354 g/mol. The molecule has 21 heavy (non-hydrogen) atoms. The quantitative estimate of drug-likeness (QED) is 0.824. The summed E-state index contributed by atoms with van der Waals surface area (Å²) in [5.74, 6) is 2.73. The van der Waals surface area contributed by atoms with E-state index < -0.39 is 0 Å². The first kappa shape index (κ1) is 16.7. The summed E-state index contributed by atoms with van der Waals surface area (Å²) in [4.78, 5) is 19.9. The SMILES string of the molecule is CCCC1CCC(c2nc(CC(C)C)c(Br)c(=O)[nH]2)CC1. The van der Waals surface area contributed by atoms with Crippen molar-refractivity contribution >= 4 is 15.9 Å². The standard InChI is InChI=1S/C17H27BrN2O/c1-4-5-12-6-8-13(9-7-12)16-19-14(10-11(2)3)15(18)17(21)20-16/h11-13H,4-10H2,1-3H3,(H,19,20,21). The van der Waals surface area contributed by atoms with E-state index in [1.165, 1.54) is 25.7 Å². The van der Waals surface area contributed by atoms with Gasteiger partial charge in [-0.1, -0.05) is 33.6 Å². The van der Waals surface area contributed by atoms with Gasteiger partial charge in [-0.2, -0.15) is 0 Å². The van der Waals surface area contributed by atoms with E-state index in [1.54, 1.807) is 0 Å². The number of aromatic amines is 1. The summed E-state index contributed by atoms with van der Waals surface area (Å²) in [5.41, 5.74) is 0.894. The van der Waals surface area contributed by atoms with Gasteiger partial charge in [0.15, 0.2) is 0 Å². The summed E-state index contributed by atoms with van der Waals surface area (Å²) >= 11 is 3.39. The Morgan fingerprint density at radius 2 is 1.95 bits per heavy atom. The molecule has 4 heteroatoms. The summed E-state index contributed by atoms with van der Waals surface area (Å²) in [6, 6.07) is 0. The van der Waals surface area contributed by atoms with Crippen LogP contribution in [0.5, 0.6) is 0 Å². The van der Waals surface area contributed by atoms with Crippen LogP contribution < -0.4 is 5.56 Å². The highest BCUT2D eigenvalue weighted by molar-refractivity contribution is 9.10. The zero-order valence-electron chi connectivity index (χ0n) is 13.4. The third kappa shape index (κ3) is 4.41. The molecule has 1 aromatic rings. The molecule has 2 rings (SSSR count). The molecule has 1 fully saturated rings.